The summed E-state index contributed by atoms with van der Waals surface area (Å²) in [6.45, 7) is 5.26. The van der Waals surface area contributed by atoms with Gasteiger partial charge in [-0.15, -0.1) is 0 Å². The molecule has 1 amide bonds. The first-order chi connectivity index (χ1) is 14.3. The van der Waals surface area contributed by atoms with Gasteiger partial charge in [0, 0.05) is 23.9 Å². The van der Waals surface area contributed by atoms with Crippen molar-refractivity contribution in [1.82, 2.24) is 9.78 Å². The van der Waals surface area contributed by atoms with Gasteiger partial charge in [-0.3, -0.25) is 14.4 Å². The van der Waals surface area contributed by atoms with E-state index >= 15 is 0 Å². The van der Waals surface area contributed by atoms with Gasteiger partial charge in [0.05, 0.1) is 36.4 Å². The molecule has 0 saturated carbocycles. The molecule has 0 unspecified atom stereocenters. The molecule has 0 bridgehead atoms. The van der Waals surface area contributed by atoms with E-state index in [0.717, 1.165) is 0 Å². The number of benzene rings is 1. The van der Waals surface area contributed by atoms with Gasteiger partial charge in [0.2, 0.25) is 5.91 Å². The van der Waals surface area contributed by atoms with Crippen molar-refractivity contribution in [1.29, 1.82) is 0 Å². The van der Waals surface area contributed by atoms with Crippen LogP contribution in [0.5, 0.6) is 0 Å². The molecule has 0 spiro atoms. The van der Waals surface area contributed by atoms with Crippen molar-refractivity contribution < 1.29 is 23.9 Å². The van der Waals surface area contributed by atoms with Gasteiger partial charge in [-0.05, 0) is 44.5 Å². The van der Waals surface area contributed by atoms with Crippen LogP contribution < -0.4 is 5.32 Å². The van der Waals surface area contributed by atoms with E-state index in [2.05, 4.69) is 10.4 Å². The van der Waals surface area contributed by atoms with Crippen molar-refractivity contribution in [3.63, 3.8) is 0 Å². The Hall–Kier alpha value is -2.87. The maximum atomic E-state index is 12.6. The average molecular weight is 434 g/mol. The van der Waals surface area contributed by atoms with Crippen LogP contribution >= 0.6 is 11.6 Å². The van der Waals surface area contributed by atoms with Crippen LogP contribution in [0.15, 0.2) is 24.3 Å². The predicted molar refractivity (Wildman–Crippen MR) is 111 cm³/mol. The summed E-state index contributed by atoms with van der Waals surface area (Å²) in [5.41, 5.74) is 2.03. The van der Waals surface area contributed by atoms with Crippen LogP contribution in [0, 0.1) is 11.8 Å². The van der Waals surface area contributed by atoms with Crippen molar-refractivity contribution in [3.8, 4) is 5.69 Å². The zero-order chi connectivity index (χ0) is 21.8. The first-order valence-electron chi connectivity index (χ1n) is 9.83. The Kier molecular flexibility index (Phi) is 6.77. The topological polar surface area (TPSA) is 99.5 Å². The highest BCUT2D eigenvalue weighted by atomic mass is 35.5. The molecule has 0 aliphatic heterocycles. The van der Waals surface area contributed by atoms with Crippen molar-refractivity contribution >= 4 is 35.3 Å². The number of nitrogens with zero attached hydrogens (tertiary/aromatic N) is 2. The van der Waals surface area contributed by atoms with E-state index in [0.29, 0.717) is 27.8 Å². The Morgan fingerprint density at radius 1 is 1.07 bits per heavy atom. The first kappa shape index (κ1) is 21.8. The van der Waals surface area contributed by atoms with Crippen LogP contribution in [0.2, 0.25) is 5.02 Å². The molecule has 1 aliphatic carbocycles. The first-order valence-corrected chi connectivity index (χ1v) is 10.2. The molecule has 9 heteroatoms. The third kappa shape index (κ3) is 4.48. The molecule has 160 valence electrons. The lowest BCUT2D eigenvalue weighted by atomic mass is 9.78. The predicted octanol–water partition coefficient (Wildman–Crippen LogP) is 2.94. The number of hydrogen-bond donors (Lipinski definition) is 1. The molecule has 30 heavy (non-hydrogen) atoms. The second kappa shape index (κ2) is 9.30. The molecular formula is C21H24ClN3O5. The maximum Gasteiger partial charge on any atom is 0.310 e. The van der Waals surface area contributed by atoms with Crippen molar-refractivity contribution in [2.45, 2.75) is 33.6 Å². The Morgan fingerprint density at radius 2 is 1.63 bits per heavy atom. The number of ether oxygens (including phenoxy) is 2. The minimum atomic E-state index is -0.716. The van der Waals surface area contributed by atoms with Crippen LogP contribution in [0.1, 0.15) is 32.0 Å². The summed E-state index contributed by atoms with van der Waals surface area (Å²) in [5, 5.41) is 8.02. The largest absolute Gasteiger partial charge is 0.466 e. The SMILES string of the molecule is CCOC(=O)[C@H]1Cc2nn(-c3ccc(Cl)cc3)c(NC(C)=O)c2C[C@@H]1C(=O)OCC. The molecule has 2 atom stereocenters. The number of nitrogens with one attached hydrogen (secondary N) is 1. The van der Waals surface area contributed by atoms with Gasteiger partial charge >= 0.3 is 11.9 Å². The molecule has 8 nitrogen and oxygen atoms in total. The van der Waals surface area contributed by atoms with Crippen LogP contribution in [0.4, 0.5) is 5.82 Å². The second-order valence-electron chi connectivity index (χ2n) is 6.97. The zero-order valence-electron chi connectivity index (χ0n) is 17.1. The minimum absolute atomic E-state index is 0.209. The fourth-order valence-electron chi connectivity index (χ4n) is 3.64. The number of carbonyl (C=O) groups excluding carboxylic acids is 3. The van der Waals surface area contributed by atoms with E-state index in [4.69, 9.17) is 21.1 Å². The molecule has 3 rings (SSSR count). The van der Waals surface area contributed by atoms with E-state index in [-0.39, 0.29) is 32.0 Å². The number of aromatic nitrogens is 2. The van der Waals surface area contributed by atoms with E-state index < -0.39 is 23.8 Å². The lowest BCUT2D eigenvalue weighted by Crippen LogP contribution is -2.38. The van der Waals surface area contributed by atoms with Crippen molar-refractivity contribution in [2.75, 3.05) is 18.5 Å². The number of hydrogen-bond acceptors (Lipinski definition) is 6. The van der Waals surface area contributed by atoms with Gasteiger partial charge in [0.25, 0.3) is 0 Å². The Bertz CT molecular complexity index is 954. The van der Waals surface area contributed by atoms with Gasteiger partial charge in [0.15, 0.2) is 0 Å². The zero-order valence-corrected chi connectivity index (χ0v) is 17.9. The lowest BCUT2D eigenvalue weighted by molar-refractivity contribution is -0.160. The molecule has 1 aromatic heterocycles. The monoisotopic (exact) mass is 433 g/mol. The van der Waals surface area contributed by atoms with Crippen LogP contribution in [0.25, 0.3) is 5.69 Å². The highest BCUT2D eigenvalue weighted by Crippen LogP contribution is 2.37. The molecule has 2 aromatic rings. The van der Waals surface area contributed by atoms with Gasteiger partial charge in [0.1, 0.15) is 5.82 Å². The molecule has 1 heterocycles. The number of fused-ring (bicyclic) bond motifs is 1. The standard InChI is InChI=1S/C21H24ClN3O5/c1-4-29-20(27)15-10-17-18(11-16(15)21(28)30-5-2)24-25(19(17)23-12(3)26)14-8-6-13(22)7-9-14/h6-9,15-16H,4-5,10-11H2,1-3H3,(H,23,26)/t15-,16-/m0/s1. The van der Waals surface area contributed by atoms with Gasteiger partial charge in [-0.1, -0.05) is 11.6 Å². The fraction of sp³-hybridized carbons (Fsp3) is 0.429. The molecule has 0 saturated heterocycles. The number of rotatable bonds is 6. The number of anilines is 1. The van der Waals surface area contributed by atoms with Gasteiger partial charge in [-0.2, -0.15) is 5.10 Å². The summed E-state index contributed by atoms with van der Waals surface area (Å²) in [6, 6.07) is 6.99. The number of amides is 1. The summed E-state index contributed by atoms with van der Waals surface area (Å²) in [4.78, 5) is 37.0. The van der Waals surface area contributed by atoms with Crippen molar-refractivity contribution in [2.24, 2.45) is 11.8 Å². The van der Waals surface area contributed by atoms with Crippen molar-refractivity contribution in [3.05, 3.63) is 40.5 Å². The molecule has 1 N–H and O–H groups in total. The quantitative estimate of drug-likeness (QED) is 0.703. The average Bonchev–Trinajstić information content (AvgIpc) is 3.05. The maximum absolute atomic E-state index is 12.6. The van der Waals surface area contributed by atoms with Crippen LogP contribution in [-0.2, 0) is 36.7 Å². The summed E-state index contributed by atoms with van der Waals surface area (Å²) in [7, 11) is 0. The Morgan fingerprint density at radius 3 is 2.17 bits per heavy atom. The third-order valence-electron chi connectivity index (χ3n) is 4.93. The molecule has 0 radical (unpaired) electrons. The summed E-state index contributed by atoms with van der Waals surface area (Å²) in [6.07, 6.45) is 0.422. The highest BCUT2D eigenvalue weighted by molar-refractivity contribution is 6.30. The Labute approximate surface area is 179 Å². The number of esters is 2. The molecular weight excluding hydrogens is 410 g/mol. The molecule has 1 aromatic carbocycles. The number of halogens is 1. The summed E-state index contributed by atoms with van der Waals surface area (Å²) < 4.78 is 12.0. The van der Waals surface area contributed by atoms with Gasteiger partial charge in [-0.25, -0.2) is 4.68 Å². The van der Waals surface area contributed by atoms with E-state index in [1.807, 2.05) is 0 Å². The molecule has 1 aliphatic rings. The van der Waals surface area contributed by atoms with E-state index in [1.54, 1.807) is 42.8 Å². The third-order valence-corrected chi connectivity index (χ3v) is 5.19. The van der Waals surface area contributed by atoms with E-state index in [1.165, 1.54) is 6.92 Å². The minimum Gasteiger partial charge on any atom is -0.466 e. The smallest absolute Gasteiger partial charge is 0.310 e. The van der Waals surface area contributed by atoms with Crippen LogP contribution in [0.3, 0.4) is 0 Å². The second-order valence-corrected chi connectivity index (χ2v) is 7.41. The molecule has 0 fully saturated rings. The number of carbonyl (C=O) groups is 3. The highest BCUT2D eigenvalue weighted by Gasteiger charge is 2.42. The van der Waals surface area contributed by atoms with E-state index in [9.17, 15) is 14.4 Å². The summed E-state index contributed by atoms with van der Waals surface area (Å²) in [5.74, 6) is -2.13. The normalized spacial score (nSPS) is 17.7. The Balaban J connectivity index is 2.08. The lowest BCUT2D eigenvalue weighted by Gasteiger charge is -2.28. The summed E-state index contributed by atoms with van der Waals surface area (Å²) >= 11 is 5.99. The van der Waals surface area contributed by atoms with Crippen LogP contribution in [-0.4, -0.2) is 40.8 Å². The van der Waals surface area contributed by atoms with Gasteiger partial charge < -0.3 is 14.8 Å². The fourth-order valence-corrected chi connectivity index (χ4v) is 3.77.